The number of primary amides is 1. The number of nitrogens with one attached hydrogen (secondary N) is 1. The smallest absolute Gasteiger partial charge is 0.220 e. The van der Waals surface area contributed by atoms with E-state index in [0.717, 1.165) is 49.0 Å². The van der Waals surface area contributed by atoms with Crippen LogP contribution in [0.2, 0.25) is 0 Å². The molecule has 0 atom stereocenters. The highest BCUT2D eigenvalue weighted by Crippen LogP contribution is 2.24. The van der Waals surface area contributed by atoms with Crippen LogP contribution in [0.4, 0.5) is 0 Å². The van der Waals surface area contributed by atoms with Crippen LogP contribution in [0.3, 0.4) is 0 Å². The highest BCUT2D eigenvalue weighted by molar-refractivity contribution is 7.18. The molecule has 1 fully saturated rings. The van der Waals surface area contributed by atoms with Crippen molar-refractivity contribution in [2.75, 3.05) is 0 Å². The van der Waals surface area contributed by atoms with E-state index in [9.17, 15) is 9.59 Å². The van der Waals surface area contributed by atoms with Gasteiger partial charge in [0, 0.05) is 18.4 Å². The lowest BCUT2D eigenvalue weighted by atomic mass is 9.85. The van der Waals surface area contributed by atoms with Crippen molar-refractivity contribution >= 4 is 33.4 Å². The van der Waals surface area contributed by atoms with Crippen LogP contribution in [0.25, 0.3) is 10.2 Å². The Morgan fingerprint density at radius 1 is 1.21 bits per heavy atom. The molecule has 0 saturated heterocycles. The molecule has 0 unspecified atom stereocenters. The summed E-state index contributed by atoms with van der Waals surface area (Å²) >= 11 is 1.70. The Balaban J connectivity index is 1.39. The molecule has 0 bridgehead atoms. The normalized spacial score (nSPS) is 20.8. The lowest BCUT2D eigenvalue weighted by molar-refractivity contribution is -0.123. The summed E-state index contributed by atoms with van der Waals surface area (Å²) in [5.74, 6) is -0.133. The Labute approximate surface area is 145 Å². The number of hydrogen-bond acceptors (Lipinski definition) is 4. The molecule has 1 aromatic carbocycles. The van der Waals surface area contributed by atoms with Crippen molar-refractivity contribution < 1.29 is 9.59 Å². The van der Waals surface area contributed by atoms with Crippen molar-refractivity contribution in [3.05, 3.63) is 29.3 Å². The lowest BCUT2D eigenvalue weighted by Crippen LogP contribution is -2.39. The maximum Gasteiger partial charge on any atom is 0.220 e. The van der Waals surface area contributed by atoms with E-state index in [2.05, 4.69) is 16.4 Å². The van der Waals surface area contributed by atoms with Gasteiger partial charge in [0.25, 0.3) is 0 Å². The van der Waals surface area contributed by atoms with Crippen molar-refractivity contribution in [1.29, 1.82) is 0 Å². The third-order valence-corrected chi connectivity index (χ3v) is 5.72. The zero-order valence-corrected chi connectivity index (χ0v) is 14.5. The topological polar surface area (TPSA) is 85.1 Å². The molecule has 0 radical (unpaired) electrons. The van der Waals surface area contributed by atoms with Gasteiger partial charge >= 0.3 is 0 Å². The van der Waals surface area contributed by atoms with Gasteiger partial charge in [0.1, 0.15) is 0 Å². The second-order valence-electron chi connectivity index (χ2n) is 6.45. The number of benzene rings is 1. The Morgan fingerprint density at radius 3 is 2.67 bits per heavy atom. The quantitative estimate of drug-likeness (QED) is 0.844. The number of carbonyl (C=O) groups excluding carboxylic acids is 2. The van der Waals surface area contributed by atoms with Gasteiger partial charge in [-0.1, -0.05) is 12.1 Å². The van der Waals surface area contributed by atoms with E-state index in [1.165, 1.54) is 4.70 Å². The summed E-state index contributed by atoms with van der Waals surface area (Å²) in [6.07, 6.45) is 5.42. The van der Waals surface area contributed by atoms with Gasteiger partial charge in [-0.05, 0) is 50.7 Å². The van der Waals surface area contributed by atoms with Crippen LogP contribution in [0.5, 0.6) is 0 Å². The summed E-state index contributed by atoms with van der Waals surface area (Å²) in [7, 11) is 0. The molecule has 1 heterocycles. The number of hydrogen-bond donors (Lipinski definition) is 2. The lowest BCUT2D eigenvalue weighted by Gasteiger charge is -2.27. The highest BCUT2D eigenvalue weighted by Gasteiger charge is 2.25. The van der Waals surface area contributed by atoms with Crippen LogP contribution in [0.15, 0.2) is 24.3 Å². The zero-order valence-electron chi connectivity index (χ0n) is 13.7. The average molecular weight is 345 g/mol. The Kier molecular flexibility index (Phi) is 5.45. The van der Waals surface area contributed by atoms with Gasteiger partial charge in [-0.25, -0.2) is 4.98 Å². The zero-order chi connectivity index (χ0) is 16.9. The molecular formula is C18H23N3O2S. The molecule has 2 amide bonds. The van der Waals surface area contributed by atoms with Gasteiger partial charge in [-0.2, -0.15) is 0 Å². The first-order valence-corrected chi connectivity index (χ1v) is 9.36. The fraction of sp³-hybridized carbons (Fsp3) is 0.500. The van der Waals surface area contributed by atoms with Gasteiger partial charge in [0.2, 0.25) is 11.8 Å². The molecule has 1 aliphatic carbocycles. The minimum absolute atomic E-state index is 0.0165. The van der Waals surface area contributed by atoms with Crippen LogP contribution < -0.4 is 11.1 Å². The monoisotopic (exact) mass is 345 g/mol. The summed E-state index contributed by atoms with van der Waals surface area (Å²) in [5.41, 5.74) is 6.37. The van der Waals surface area contributed by atoms with E-state index in [4.69, 9.17) is 5.73 Å². The molecule has 3 N–H and O–H groups in total. The van der Waals surface area contributed by atoms with E-state index in [1.54, 1.807) is 11.3 Å². The summed E-state index contributed by atoms with van der Waals surface area (Å²) in [6.45, 7) is 0. The van der Waals surface area contributed by atoms with Crippen LogP contribution in [0, 0.1) is 5.92 Å². The first-order chi connectivity index (χ1) is 11.6. The molecule has 1 aliphatic rings. The van der Waals surface area contributed by atoms with Crippen molar-refractivity contribution in [2.24, 2.45) is 11.7 Å². The molecule has 1 aromatic heterocycles. The van der Waals surface area contributed by atoms with Crippen LogP contribution in [-0.4, -0.2) is 22.8 Å². The number of para-hydroxylation sites is 1. The maximum absolute atomic E-state index is 12.1. The minimum atomic E-state index is -0.212. The van der Waals surface area contributed by atoms with E-state index in [1.807, 2.05) is 18.2 Å². The van der Waals surface area contributed by atoms with Crippen LogP contribution in [0.1, 0.15) is 43.5 Å². The van der Waals surface area contributed by atoms with Crippen LogP contribution in [-0.2, 0) is 16.0 Å². The highest BCUT2D eigenvalue weighted by atomic mass is 32.1. The first kappa shape index (κ1) is 16.9. The van der Waals surface area contributed by atoms with E-state index >= 15 is 0 Å². The van der Waals surface area contributed by atoms with E-state index in [-0.39, 0.29) is 23.8 Å². The molecule has 0 spiro atoms. The SMILES string of the molecule is NC(=O)C1CCC(NC(=O)CCCc2nc3ccccc3s2)CC1. The van der Waals surface area contributed by atoms with E-state index in [0.29, 0.717) is 6.42 Å². The van der Waals surface area contributed by atoms with Crippen LogP contribution >= 0.6 is 11.3 Å². The third-order valence-electron chi connectivity index (χ3n) is 4.63. The van der Waals surface area contributed by atoms with E-state index < -0.39 is 0 Å². The standard InChI is InChI=1S/C18H23N3O2S/c19-18(23)12-8-10-13(11-9-12)20-16(22)6-3-7-17-21-14-4-1-2-5-15(14)24-17/h1-2,4-5,12-13H,3,6-11H2,(H2,19,23)(H,20,22). The van der Waals surface area contributed by atoms with Gasteiger partial charge in [0.15, 0.2) is 0 Å². The molecule has 3 rings (SSSR count). The Morgan fingerprint density at radius 2 is 1.96 bits per heavy atom. The predicted molar refractivity (Wildman–Crippen MR) is 95.6 cm³/mol. The predicted octanol–water partition coefficient (Wildman–Crippen LogP) is 2.78. The van der Waals surface area contributed by atoms with Crippen molar-refractivity contribution in [1.82, 2.24) is 10.3 Å². The Bertz CT molecular complexity index is 687. The molecule has 24 heavy (non-hydrogen) atoms. The second-order valence-corrected chi connectivity index (χ2v) is 7.56. The molecule has 2 aromatic rings. The molecule has 128 valence electrons. The average Bonchev–Trinajstić information content (AvgIpc) is 2.98. The summed E-state index contributed by atoms with van der Waals surface area (Å²) in [4.78, 5) is 27.8. The number of carbonyl (C=O) groups is 2. The number of amides is 2. The molecule has 6 heteroatoms. The summed E-state index contributed by atoms with van der Waals surface area (Å²) < 4.78 is 1.20. The number of aryl methyl sites for hydroxylation is 1. The van der Waals surface area contributed by atoms with Gasteiger partial charge in [-0.15, -0.1) is 11.3 Å². The Hall–Kier alpha value is -1.95. The minimum Gasteiger partial charge on any atom is -0.369 e. The third kappa shape index (κ3) is 4.32. The number of thiazole rings is 1. The first-order valence-electron chi connectivity index (χ1n) is 8.55. The summed E-state index contributed by atoms with van der Waals surface area (Å²) in [5, 5.41) is 4.17. The van der Waals surface area contributed by atoms with Crippen molar-refractivity contribution in [3.8, 4) is 0 Å². The van der Waals surface area contributed by atoms with Crippen molar-refractivity contribution in [3.63, 3.8) is 0 Å². The number of fused-ring (bicyclic) bond motifs is 1. The molecule has 5 nitrogen and oxygen atoms in total. The number of nitrogens with two attached hydrogens (primary N) is 1. The fourth-order valence-electron chi connectivity index (χ4n) is 3.25. The largest absolute Gasteiger partial charge is 0.369 e. The second kappa shape index (κ2) is 7.75. The number of aromatic nitrogens is 1. The summed E-state index contributed by atoms with van der Waals surface area (Å²) in [6, 6.07) is 8.29. The fourth-order valence-corrected chi connectivity index (χ4v) is 4.26. The molecule has 0 aliphatic heterocycles. The van der Waals surface area contributed by atoms with Crippen molar-refractivity contribution in [2.45, 2.75) is 51.0 Å². The van der Waals surface area contributed by atoms with Gasteiger partial charge in [0.05, 0.1) is 15.2 Å². The number of rotatable bonds is 6. The van der Waals surface area contributed by atoms with Gasteiger partial charge < -0.3 is 11.1 Å². The number of nitrogens with zero attached hydrogens (tertiary/aromatic N) is 1. The molecular weight excluding hydrogens is 322 g/mol. The van der Waals surface area contributed by atoms with Gasteiger partial charge in [-0.3, -0.25) is 9.59 Å². The molecule has 1 saturated carbocycles. The maximum atomic E-state index is 12.1.